The molecule has 4 rings (SSSR count). The minimum absolute atomic E-state index is 0. The summed E-state index contributed by atoms with van der Waals surface area (Å²) in [5, 5.41) is 19.5. The topological polar surface area (TPSA) is 32.3 Å². The molecule has 0 spiro atoms. The van der Waals surface area contributed by atoms with Crippen molar-refractivity contribution in [1.82, 2.24) is 0 Å². The predicted molar refractivity (Wildman–Crippen MR) is 119 cm³/mol. The Bertz CT molecular complexity index is 824. The number of allylic oxidation sites excluding steroid dienone is 5. The Morgan fingerprint density at radius 3 is 2.52 bits per heavy atom. The van der Waals surface area contributed by atoms with Crippen molar-refractivity contribution in [3.05, 3.63) is 89.7 Å². The fourth-order valence-corrected chi connectivity index (χ4v) is 10.3. The van der Waals surface area contributed by atoms with Gasteiger partial charge in [0.2, 0.25) is 0 Å². The van der Waals surface area contributed by atoms with E-state index in [2.05, 4.69) is 16.2 Å². The van der Waals surface area contributed by atoms with Crippen molar-refractivity contribution in [2.24, 2.45) is 0 Å². The molecule has 1 aromatic heterocycles. The summed E-state index contributed by atoms with van der Waals surface area (Å²) in [4.78, 5) is 0. The zero-order valence-electron chi connectivity index (χ0n) is 14.3. The van der Waals surface area contributed by atoms with Crippen molar-refractivity contribution < 1.29 is 26.9 Å². The van der Waals surface area contributed by atoms with Gasteiger partial charge in [-0.2, -0.15) is 18.2 Å². The number of ether oxygens (including phenoxy) is 1. The van der Waals surface area contributed by atoms with Crippen LogP contribution in [0.1, 0.15) is 0 Å². The van der Waals surface area contributed by atoms with Crippen molar-refractivity contribution in [3.63, 3.8) is 0 Å². The first-order valence-electron chi connectivity index (χ1n) is 7.91. The van der Waals surface area contributed by atoms with Gasteiger partial charge in [-0.3, -0.25) is 0 Å². The Morgan fingerprint density at radius 2 is 1.89 bits per heavy atom. The van der Waals surface area contributed by atoms with Crippen LogP contribution in [0.4, 0.5) is 0 Å². The monoisotopic (exact) mass is 494 g/mol. The molecule has 0 N–H and O–H groups in total. The largest absolute Gasteiger partial charge is 2.00 e. The molecular formula is C19H18FeO2S5. The van der Waals surface area contributed by atoms with Crippen molar-refractivity contribution in [2.45, 2.75) is 0 Å². The Hall–Kier alpha value is -0.471. The molecule has 1 aliphatic carbocycles. The maximum atomic E-state index is 11.7. The Labute approximate surface area is 189 Å². The van der Waals surface area contributed by atoms with E-state index in [0.29, 0.717) is 12.2 Å². The molecule has 0 saturated heterocycles. The van der Waals surface area contributed by atoms with Gasteiger partial charge in [0.25, 0.3) is 0 Å². The zero-order chi connectivity index (χ0) is 18.0. The van der Waals surface area contributed by atoms with Crippen LogP contribution in [-0.2, 0) is 21.8 Å². The first-order chi connectivity index (χ1) is 12.8. The van der Waals surface area contributed by atoms with Crippen LogP contribution in [0, 0.1) is 3.14 Å². The van der Waals surface area contributed by atoms with Crippen LogP contribution in [0.15, 0.2) is 86.6 Å². The van der Waals surface area contributed by atoms with Crippen LogP contribution < -0.4 is 5.11 Å². The molecule has 1 aromatic carbocycles. The van der Waals surface area contributed by atoms with Crippen molar-refractivity contribution in [3.8, 4) is 0 Å². The van der Waals surface area contributed by atoms with E-state index in [0.717, 1.165) is 10.8 Å². The molecule has 2 aromatic rings. The average Bonchev–Trinajstić information content (AvgIpc) is 3.45. The van der Waals surface area contributed by atoms with Gasteiger partial charge in [-0.15, -0.1) is 56.7 Å². The fraction of sp³-hybridized carbons (Fsp3) is 0.158. The molecule has 0 amide bonds. The first kappa shape index (κ1) is 22.8. The minimum Gasteiger partial charge on any atom is -0.612 e. The van der Waals surface area contributed by atoms with Crippen LogP contribution >= 0.6 is 56.7 Å². The van der Waals surface area contributed by atoms with Crippen molar-refractivity contribution in [2.75, 3.05) is 17.4 Å². The number of hydrogen-bond donors (Lipinski definition) is 0. The molecule has 0 fully saturated rings. The van der Waals surface area contributed by atoms with Crippen molar-refractivity contribution in [1.29, 1.82) is 0 Å². The molecule has 1 aliphatic heterocycles. The number of thioether (sulfide) groups is 2. The van der Waals surface area contributed by atoms with Crippen LogP contribution in [0.2, 0.25) is 0 Å². The van der Waals surface area contributed by atoms with Crippen LogP contribution in [0.5, 0.6) is 0 Å². The van der Waals surface area contributed by atoms with Gasteiger partial charge in [0.05, 0.1) is 5.95 Å². The van der Waals surface area contributed by atoms with Gasteiger partial charge in [-0.1, -0.05) is 24.3 Å². The van der Waals surface area contributed by atoms with Crippen LogP contribution in [0.3, 0.4) is 0 Å². The maximum absolute atomic E-state index is 11.7. The summed E-state index contributed by atoms with van der Waals surface area (Å²) in [5.41, 5.74) is 0.634. The first-order valence-corrected chi connectivity index (χ1v) is 13.1. The van der Waals surface area contributed by atoms with E-state index in [1.165, 1.54) is 7.37 Å². The van der Waals surface area contributed by atoms with Crippen molar-refractivity contribution >= 4 is 56.7 Å². The van der Waals surface area contributed by atoms with Gasteiger partial charge in [-0.05, 0) is 11.0 Å². The molecule has 8 heteroatoms. The van der Waals surface area contributed by atoms with Gasteiger partial charge in [0.15, 0.2) is 0 Å². The zero-order valence-corrected chi connectivity index (χ0v) is 19.4. The third-order valence-electron chi connectivity index (χ3n) is 3.18. The summed E-state index contributed by atoms with van der Waals surface area (Å²) in [6.45, 7) is 0.460. The van der Waals surface area contributed by atoms with Crippen LogP contribution in [0.25, 0.3) is 0 Å². The summed E-state index contributed by atoms with van der Waals surface area (Å²) in [6.07, 6.45) is 7.24. The smallest absolute Gasteiger partial charge is 0.612 e. The molecule has 27 heavy (non-hydrogen) atoms. The van der Waals surface area contributed by atoms with Crippen LogP contribution in [-0.4, -0.2) is 17.4 Å². The fourth-order valence-electron chi connectivity index (χ4n) is 1.99. The average molecular weight is 495 g/mol. The molecular weight excluding hydrogens is 476 g/mol. The van der Waals surface area contributed by atoms with E-state index in [9.17, 15) is 5.11 Å². The Balaban J connectivity index is 0.000000379. The summed E-state index contributed by atoms with van der Waals surface area (Å²) in [5.74, 6) is 0.588. The number of rotatable bonds is 5. The Kier molecular flexibility index (Phi) is 10.9. The summed E-state index contributed by atoms with van der Waals surface area (Å²) in [6, 6.07) is 10.0. The second kappa shape index (κ2) is 12.9. The number of hydrogen-bond acceptors (Lipinski definition) is 6. The molecule has 2 heterocycles. The summed E-state index contributed by atoms with van der Waals surface area (Å²) in [7, 11) is 0.281. The minimum atomic E-state index is -0.228. The van der Waals surface area contributed by atoms with E-state index in [4.69, 9.17) is 4.74 Å². The van der Waals surface area contributed by atoms with E-state index in [1.807, 2.05) is 76.9 Å². The normalized spacial score (nSPS) is 17.1. The van der Waals surface area contributed by atoms with Gasteiger partial charge in [0.1, 0.15) is 3.14 Å². The predicted octanol–water partition coefficient (Wildman–Crippen LogP) is 5.96. The standard InChI is InChI=1S/C14H14O2S5.C5H5.Fe/c15-13(11-3-1-2-4-11)16-5-6-17-12-9-21(10-20-12)14-18-7-8-19-14;1-2-4-5-3-1;/h1-4,7-9,15H,5-6,10H2;1-5H;/q;-1;+2/p-1. The van der Waals surface area contributed by atoms with E-state index < -0.39 is 0 Å². The molecule has 2 aliphatic rings. The van der Waals surface area contributed by atoms with E-state index >= 15 is 0 Å². The molecule has 0 radical (unpaired) electrons. The SMILES string of the molecule is [Fe+2].[O-]C(OCCSC1=CS(=c2sccs2)CS1)=C1C=CC=C1.c1cc[cH-]c1. The molecule has 144 valence electrons. The molecule has 1 atom stereocenters. The molecule has 1 unspecified atom stereocenters. The third-order valence-corrected chi connectivity index (χ3v) is 11.3. The van der Waals surface area contributed by atoms with E-state index in [1.54, 1.807) is 23.9 Å². The molecule has 0 bridgehead atoms. The van der Waals surface area contributed by atoms with Gasteiger partial charge < -0.3 is 9.84 Å². The maximum Gasteiger partial charge on any atom is 2.00 e. The quantitative estimate of drug-likeness (QED) is 0.169. The van der Waals surface area contributed by atoms with Gasteiger partial charge >= 0.3 is 17.1 Å². The Morgan fingerprint density at radius 1 is 1.19 bits per heavy atom. The second-order valence-corrected chi connectivity index (χ2v) is 12.2. The second-order valence-electron chi connectivity index (χ2n) is 5.01. The summed E-state index contributed by atoms with van der Waals surface area (Å²) < 4.78 is 8.12. The molecule has 2 nitrogen and oxygen atoms in total. The van der Waals surface area contributed by atoms with Gasteiger partial charge in [-0.25, -0.2) is 12.1 Å². The van der Waals surface area contributed by atoms with Gasteiger partial charge in [0, 0.05) is 32.4 Å². The third kappa shape index (κ3) is 7.81. The van der Waals surface area contributed by atoms with E-state index in [-0.39, 0.29) is 33.5 Å². The molecule has 0 saturated carbocycles. The summed E-state index contributed by atoms with van der Waals surface area (Å²) >= 11 is 7.40.